The van der Waals surface area contributed by atoms with Gasteiger partial charge in [-0.2, -0.15) is 0 Å². The summed E-state index contributed by atoms with van der Waals surface area (Å²) in [4.78, 5) is 2.31. The highest BCUT2D eigenvalue weighted by Gasteiger charge is 2.15. The molecule has 2 rings (SSSR count). The van der Waals surface area contributed by atoms with Gasteiger partial charge in [-0.15, -0.1) is 0 Å². The Balaban J connectivity index is 2.31. The highest BCUT2D eigenvalue weighted by Crippen LogP contribution is 2.26. The van der Waals surface area contributed by atoms with Crippen LogP contribution in [0, 0.1) is 0 Å². The summed E-state index contributed by atoms with van der Waals surface area (Å²) in [5.74, 6) is 0.111. The van der Waals surface area contributed by atoms with Crippen molar-refractivity contribution in [2.24, 2.45) is 10.9 Å². The fourth-order valence-electron chi connectivity index (χ4n) is 2.53. The first-order chi connectivity index (χ1) is 9.22. The van der Waals surface area contributed by atoms with Gasteiger partial charge in [0.05, 0.1) is 0 Å². The van der Waals surface area contributed by atoms with E-state index in [1.54, 1.807) is 6.07 Å². The first-order valence-electron chi connectivity index (χ1n) is 6.75. The molecule has 0 aromatic heterocycles. The van der Waals surface area contributed by atoms with Crippen LogP contribution in [-0.4, -0.2) is 24.1 Å². The molecule has 3 N–H and O–H groups in total. The lowest BCUT2D eigenvalue weighted by atomic mass is 10.1. The van der Waals surface area contributed by atoms with Gasteiger partial charge in [0, 0.05) is 29.4 Å². The second kappa shape index (κ2) is 6.66. The Labute approximate surface area is 118 Å². The quantitative estimate of drug-likeness (QED) is 0.379. The van der Waals surface area contributed by atoms with Gasteiger partial charge in [-0.3, -0.25) is 0 Å². The molecule has 1 aliphatic rings. The van der Waals surface area contributed by atoms with Gasteiger partial charge in [-0.05, 0) is 31.0 Å². The smallest absolute Gasteiger partial charge is 0.172 e. The summed E-state index contributed by atoms with van der Waals surface area (Å²) < 4.78 is 0. The number of amidine groups is 1. The lowest BCUT2D eigenvalue weighted by molar-refractivity contribution is 0.318. The summed E-state index contributed by atoms with van der Waals surface area (Å²) in [6.07, 6.45) is 6.21. The lowest BCUT2D eigenvalue weighted by Crippen LogP contribution is -2.29. The first-order valence-corrected chi connectivity index (χ1v) is 7.12. The van der Waals surface area contributed by atoms with Crippen LogP contribution in [-0.2, 0) is 0 Å². The third-order valence-corrected chi connectivity index (χ3v) is 3.77. The Morgan fingerprint density at radius 1 is 1.16 bits per heavy atom. The van der Waals surface area contributed by atoms with Crippen molar-refractivity contribution in [2.45, 2.75) is 32.1 Å². The van der Waals surface area contributed by atoms with E-state index in [9.17, 15) is 0 Å². The molecule has 5 heteroatoms. The van der Waals surface area contributed by atoms with Crippen LogP contribution in [0.5, 0.6) is 0 Å². The molecule has 19 heavy (non-hydrogen) atoms. The Kier molecular flexibility index (Phi) is 4.91. The standard InChI is InChI=1S/C14H20ClN3O/c15-11-6-7-13(12(10-11)14(16)17-19)18-8-4-2-1-3-5-9-18/h6-7,10,19H,1-5,8-9H2,(H2,16,17). The molecule has 1 aliphatic heterocycles. The zero-order valence-electron chi connectivity index (χ0n) is 11.0. The number of anilines is 1. The van der Waals surface area contributed by atoms with Crippen LogP contribution in [0.1, 0.15) is 37.7 Å². The lowest BCUT2D eigenvalue weighted by Gasteiger charge is -2.28. The minimum absolute atomic E-state index is 0.111. The summed E-state index contributed by atoms with van der Waals surface area (Å²) in [6, 6.07) is 5.56. The van der Waals surface area contributed by atoms with Gasteiger partial charge in [0.2, 0.25) is 0 Å². The molecule has 1 heterocycles. The average molecular weight is 282 g/mol. The summed E-state index contributed by atoms with van der Waals surface area (Å²) in [5.41, 5.74) is 7.46. The molecule has 104 valence electrons. The van der Waals surface area contributed by atoms with Crippen LogP contribution in [0.25, 0.3) is 0 Å². The molecule has 1 aromatic carbocycles. The number of nitrogens with two attached hydrogens (primary N) is 1. The van der Waals surface area contributed by atoms with Crippen LogP contribution >= 0.6 is 11.6 Å². The maximum atomic E-state index is 8.90. The van der Waals surface area contributed by atoms with Crippen molar-refractivity contribution >= 4 is 23.1 Å². The van der Waals surface area contributed by atoms with Gasteiger partial charge in [0.1, 0.15) is 0 Å². The highest BCUT2D eigenvalue weighted by molar-refractivity contribution is 6.31. The molecule has 0 amide bonds. The van der Waals surface area contributed by atoms with E-state index in [2.05, 4.69) is 10.1 Å². The molecule has 0 saturated carbocycles. The number of hydrogen-bond acceptors (Lipinski definition) is 3. The normalized spacial score (nSPS) is 17.9. The SMILES string of the molecule is N/C(=N/O)c1cc(Cl)ccc1N1CCCCCCC1. The van der Waals surface area contributed by atoms with Crippen molar-refractivity contribution < 1.29 is 5.21 Å². The van der Waals surface area contributed by atoms with Crippen molar-refractivity contribution in [3.8, 4) is 0 Å². The Morgan fingerprint density at radius 2 is 1.79 bits per heavy atom. The van der Waals surface area contributed by atoms with Crippen LogP contribution in [0.4, 0.5) is 5.69 Å². The van der Waals surface area contributed by atoms with Crippen LogP contribution in [0.2, 0.25) is 5.02 Å². The molecule has 0 bridgehead atoms. The fraction of sp³-hybridized carbons (Fsp3) is 0.500. The summed E-state index contributed by atoms with van der Waals surface area (Å²) >= 11 is 6.00. The van der Waals surface area contributed by atoms with E-state index in [4.69, 9.17) is 22.5 Å². The van der Waals surface area contributed by atoms with E-state index in [0.29, 0.717) is 10.6 Å². The second-order valence-electron chi connectivity index (χ2n) is 4.90. The third kappa shape index (κ3) is 3.53. The number of nitrogens with zero attached hydrogens (tertiary/aromatic N) is 2. The van der Waals surface area contributed by atoms with Gasteiger partial charge >= 0.3 is 0 Å². The Hall–Kier alpha value is -1.42. The van der Waals surface area contributed by atoms with E-state index in [1.165, 1.54) is 32.1 Å². The third-order valence-electron chi connectivity index (χ3n) is 3.54. The fourth-order valence-corrected chi connectivity index (χ4v) is 2.70. The molecule has 1 saturated heterocycles. The Morgan fingerprint density at radius 3 is 2.42 bits per heavy atom. The predicted octanol–water partition coefficient (Wildman–Crippen LogP) is 3.21. The molecule has 0 unspecified atom stereocenters. The van der Waals surface area contributed by atoms with E-state index in [0.717, 1.165) is 18.8 Å². The van der Waals surface area contributed by atoms with Gasteiger partial charge in [0.25, 0.3) is 0 Å². The van der Waals surface area contributed by atoms with Gasteiger partial charge in [-0.1, -0.05) is 36.0 Å². The molecular weight excluding hydrogens is 262 g/mol. The van der Waals surface area contributed by atoms with Crippen LogP contribution in [0.3, 0.4) is 0 Å². The largest absolute Gasteiger partial charge is 0.409 e. The zero-order chi connectivity index (χ0) is 13.7. The number of halogens is 1. The molecule has 0 aliphatic carbocycles. The molecule has 4 nitrogen and oxygen atoms in total. The summed E-state index contributed by atoms with van der Waals surface area (Å²) in [5, 5.41) is 12.6. The minimum Gasteiger partial charge on any atom is -0.409 e. The molecule has 1 aromatic rings. The number of oxime groups is 1. The highest BCUT2D eigenvalue weighted by atomic mass is 35.5. The molecule has 0 spiro atoms. The Bertz CT molecular complexity index is 454. The minimum atomic E-state index is 0.111. The number of rotatable bonds is 2. The van der Waals surface area contributed by atoms with E-state index in [-0.39, 0.29) is 5.84 Å². The van der Waals surface area contributed by atoms with E-state index >= 15 is 0 Å². The van der Waals surface area contributed by atoms with Gasteiger partial charge < -0.3 is 15.8 Å². The number of hydrogen-bond donors (Lipinski definition) is 2. The van der Waals surface area contributed by atoms with Crippen molar-refractivity contribution in [3.63, 3.8) is 0 Å². The molecular formula is C14H20ClN3O. The van der Waals surface area contributed by atoms with Crippen molar-refractivity contribution in [2.75, 3.05) is 18.0 Å². The molecule has 0 radical (unpaired) electrons. The maximum absolute atomic E-state index is 8.90. The van der Waals surface area contributed by atoms with Crippen LogP contribution in [0.15, 0.2) is 23.4 Å². The summed E-state index contributed by atoms with van der Waals surface area (Å²) in [6.45, 7) is 2.01. The molecule has 1 fully saturated rings. The van der Waals surface area contributed by atoms with Gasteiger partial charge in [-0.25, -0.2) is 0 Å². The van der Waals surface area contributed by atoms with E-state index in [1.807, 2.05) is 12.1 Å². The van der Waals surface area contributed by atoms with Crippen molar-refractivity contribution in [3.05, 3.63) is 28.8 Å². The average Bonchev–Trinajstić information content (AvgIpc) is 2.38. The zero-order valence-corrected chi connectivity index (χ0v) is 11.7. The topological polar surface area (TPSA) is 61.9 Å². The monoisotopic (exact) mass is 281 g/mol. The van der Waals surface area contributed by atoms with Crippen molar-refractivity contribution in [1.82, 2.24) is 0 Å². The van der Waals surface area contributed by atoms with Crippen LogP contribution < -0.4 is 10.6 Å². The van der Waals surface area contributed by atoms with Crippen molar-refractivity contribution in [1.29, 1.82) is 0 Å². The number of benzene rings is 1. The first kappa shape index (κ1) is 14.0. The maximum Gasteiger partial charge on any atom is 0.172 e. The van der Waals surface area contributed by atoms with E-state index < -0.39 is 0 Å². The molecule has 0 atom stereocenters. The second-order valence-corrected chi connectivity index (χ2v) is 5.34. The predicted molar refractivity (Wildman–Crippen MR) is 79.3 cm³/mol. The summed E-state index contributed by atoms with van der Waals surface area (Å²) in [7, 11) is 0. The van der Waals surface area contributed by atoms with Gasteiger partial charge in [0.15, 0.2) is 5.84 Å².